The van der Waals surface area contributed by atoms with Crippen LogP contribution in [0.15, 0.2) is 69.6 Å². The van der Waals surface area contributed by atoms with E-state index in [1.807, 2.05) is 59.5 Å². The average molecular weight is 465 g/mol. The molecule has 1 aromatic heterocycles. The van der Waals surface area contributed by atoms with Crippen molar-refractivity contribution in [2.24, 2.45) is 0 Å². The Hall–Kier alpha value is -2.86. The lowest BCUT2D eigenvalue weighted by molar-refractivity contribution is -0.134. The van der Waals surface area contributed by atoms with Crippen molar-refractivity contribution in [1.82, 2.24) is 9.88 Å². The SMILES string of the molecule is O=C(COc1ccc2ccccc2c1Br)N1CCC(c2nc3ccccc3o2)CC1. The number of nitrogens with zero attached hydrogens (tertiary/aromatic N) is 2. The number of amides is 1. The third-order valence-corrected chi connectivity index (χ3v) is 6.50. The minimum absolute atomic E-state index is 0.00562. The number of piperidine rings is 1. The summed E-state index contributed by atoms with van der Waals surface area (Å²) >= 11 is 3.61. The number of benzene rings is 3. The van der Waals surface area contributed by atoms with E-state index in [1.54, 1.807) is 0 Å². The average Bonchev–Trinajstić information content (AvgIpc) is 3.23. The van der Waals surface area contributed by atoms with Crippen molar-refractivity contribution in [3.8, 4) is 5.75 Å². The van der Waals surface area contributed by atoms with Gasteiger partial charge in [0.15, 0.2) is 18.1 Å². The van der Waals surface area contributed by atoms with E-state index >= 15 is 0 Å². The van der Waals surface area contributed by atoms with Crippen LogP contribution < -0.4 is 4.74 Å². The number of likely N-dealkylation sites (tertiary alicyclic amines) is 1. The smallest absolute Gasteiger partial charge is 0.260 e. The number of oxazole rings is 1. The van der Waals surface area contributed by atoms with Gasteiger partial charge in [0.1, 0.15) is 11.3 Å². The molecule has 0 saturated carbocycles. The van der Waals surface area contributed by atoms with E-state index in [9.17, 15) is 4.79 Å². The van der Waals surface area contributed by atoms with E-state index in [-0.39, 0.29) is 18.4 Å². The van der Waals surface area contributed by atoms with Crippen LogP contribution >= 0.6 is 15.9 Å². The molecule has 5 rings (SSSR count). The quantitative estimate of drug-likeness (QED) is 0.398. The second-order valence-electron chi connectivity index (χ2n) is 7.56. The predicted octanol–water partition coefficient (Wildman–Crippen LogP) is 5.53. The molecule has 0 radical (unpaired) electrons. The molecule has 1 fully saturated rings. The maximum Gasteiger partial charge on any atom is 0.260 e. The first kappa shape index (κ1) is 19.1. The van der Waals surface area contributed by atoms with E-state index in [2.05, 4.69) is 27.0 Å². The van der Waals surface area contributed by atoms with E-state index in [4.69, 9.17) is 9.15 Å². The van der Waals surface area contributed by atoms with Crippen molar-refractivity contribution < 1.29 is 13.9 Å². The largest absolute Gasteiger partial charge is 0.483 e. The summed E-state index contributed by atoms with van der Waals surface area (Å²) in [6.45, 7) is 1.40. The molecule has 0 N–H and O–H groups in total. The number of carbonyl (C=O) groups excluding carboxylic acids is 1. The molecule has 152 valence electrons. The van der Waals surface area contributed by atoms with E-state index in [0.717, 1.165) is 45.1 Å². The fraction of sp³-hybridized carbons (Fsp3) is 0.250. The molecule has 6 heteroatoms. The van der Waals surface area contributed by atoms with Gasteiger partial charge in [-0.05, 0) is 57.7 Å². The zero-order valence-electron chi connectivity index (χ0n) is 16.4. The van der Waals surface area contributed by atoms with Gasteiger partial charge in [0.2, 0.25) is 0 Å². The third kappa shape index (κ3) is 3.67. The number of rotatable bonds is 4. The van der Waals surface area contributed by atoms with Crippen molar-refractivity contribution in [3.05, 3.63) is 71.0 Å². The molecule has 0 bridgehead atoms. The van der Waals surface area contributed by atoms with Crippen LogP contribution in [0.2, 0.25) is 0 Å². The van der Waals surface area contributed by atoms with Crippen LogP contribution in [0.5, 0.6) is 5.75 Å². The Morgan fingerprint density at radius 3 is 2.67 bits per heavy atom. The van der Waals surface area contributed by atoms with Gasteiger partial charge in [-0.2, -0.15) is 0 Å². The Bertz CT molecular complexity index is 1180. The van der Waals surface area contributed by atoms with Crippen LogP contribution in [0.1, 0.15) is 24.7 Å². The van der Waals surface area contributed by atoms with Crippen LogP contribution in [-0.4, -0.2) is 35.5 Å². The van der Waals surface area contributed by atoms with Crippen LogP contribution in [0.4, 0.5) is 0 Å². The normalized spacial score (nSPS) is 15.0. The highest BCUT2D eigenvalue weighted by molar-refractivity contribution is 9.10. The first-order valence-corrected chi connectivity index (χ1v) is 10.9. The molecule has 3 aromatic carbocycles. The summed E-state index contributed by atoms with van der Waals surface area (Å²) in [4.78, 5) is 19.2. The zero-order valence-corrected chi connectivity index (χ0v) is 18.0. The molecule has 4 aromatic rings. The summed E-state index contributed by atoms with van der Waals surface area (Å²) in [6.07, 6.45) is 1.69. The molecular weight excluding hydrogens is 444 g/mol. The summed E-state index contributed by atoms with van der Waals surface area (Å²) < 4.78 is 12.6. The van der Waals surface area contributed by atoms with Gasteiger partial charge in [-0.25, -0.2) is 4.98 Å². The number of carbonyl (C=O) groups is 1. The summed E-state index contributed by atoms with van der Waals surface area (Å²) in [5.74, 6) is 1.71. The molecule has 1 aliphatic heterocycles. The molecular formula is C24H21BrN2O3. The molecule has 5 nitrogen and oxygen atoms in total. The van der Waals surface area contributed by atoms with Gasteiger partial charge in [0.25, 0.3) is 5.91 Å². The Balaban J connectivity index is 1.19. The van der Waals surface area contributed by atoms with E-state index < -0.39 is 0 Å². The second-order valence-corrected chi connectivity index (χ2v) is 8.36. The fourth-order valence-electron chi connectivity index (χ4n) is 4.00. The molecule has 1 saturated heterocycles. The van der Waals surface area contributed by atoms with E-state index in [1.165, 1.54) is 0 Å². The Morgan fingerprint density at radius 2 is 1.83 bits per heavy atom. The van der Waals surface area contributed by atoms with Gasteiger partial charge in [0.05, 0.1) is 4.47 Å². The van der Waals surface area contributed by atoms with Crippen LogP contribution in [0.3, 0.4) is 0 Å². The number of ether oxygens (including phenoxy) is 1. The molecule has 1 amide bonds. The van der Waals surface area contributed by atoms with Gasteiger partial charge in [-0.15, -0.1) is 0 Å². The summed E-state index contributed by atoms with van der Waals surface area (Å²) in [5.41, 5.74) is 1.71. The maximum atomic E-state index is 12.7. The number of fused-ring (bicyclic) bond motifs is 2. The maximum absolute atomic E-state index is 12.7. The highest BCUT2D eigenvalue weighted by atomic mass is 79.9. The lowest BCUT2D eigenvalue weighted by Gasteiger charge is -2.30. The third-order valence-electron chi connectivity index (χ3n) is 5.69. The van der Waals surface area contributed by atoms with Gasteiger partial charge in [0, 0.05) is 19.0 Å². The summed E-state index contributed by atoms with van der Waals surface area (Å²) in [6, 6.07) is 19.8. The van der Waals surface area contributed by atoms with E-state index in [0.29, 0.717) is 18.8 Å². The Labute approximate surface area is 182 Å². The number of aromatic nitrogens is 1. The van der Waals surface area contributed by atoms with Gasteiger partial charge in [-0.1, -0.05) is 42.5 Å². The second kappa shape index (κ2) is 8.11. The van der Waals surface area contributed by atoms with Crippen LogP contribution in [0.25, 0.3) is 21.9 Å². The molecule has 0 unspecified atom stereocenters. The number of halogens is 1. The van der Waals surface area contributed by atoms with Gasteiger partial charge < -0.3 is 14.1 Å². The van der Waals surface area contributed by atoms with Crippen LogP contribution in [0, 0.1) is 0 Å². The van der Waals surface area contributed by atoms with Crippen LogP contribution in [-0.2, 0) is 4.79 Å². The number of hydrogen-bond donors (Lipinski definition) is 0. The first-order chi connectivity index (χ1) is 14.7. The number of hydrogen-bond acceptors (Lipinski definition) is 4. The fourth-order valence-corrected chi connectivity index (χ4v) is 4.60. The molecule has 1 aliphatic rings. The zero-order chi connectivity index (χ0) is 20.5. The molecule has 30 heavy (non-hydrogen) atoms. The summed E-state index contributed by atoms with van der Waals surface area (Å²) in [5, 5.41) is 2.20. The molecule has 2 heterocycles. The highest BCUT2D eigenvalue weighted by Gasteiger charge is 2.27. The van der Waals surface area contributed by atoms with Crippen molar-refractivity contribution >= 4 is 43.7 Å². The highest BCUT2D eigenvalue weighted by Crippen LogP contribution is 2.33. The molecule has 0 atom stereocenters. The van der Waals surface area contributed by atoms with Crippen molar-refractivity contribution in [2.75, 3.05) is 19.7 Å². The lowest BCUT2D eigenvalue weighted by Crippen LogP contribution is -2.40. The minimum atomic E-state index is 0.00562. The topological polar surface area (TPSA) is 55.6 Å². The molecule has 0 aliphatic carbocycles. The van der Waals surface area contributed by atoms with Crippen molar-refractivity contribution in [2.45, 2.75) is 18.8 Å². The lowest BCUT2D eigenvalue weighted by atomic mass is 9.97. The molecule has 0 spiro atoms. The van der Waals surface area contributed by atoms with Gasteiger partial charge in [-0.3, -0.25) is 4.79 Å². The van der Waals surface area contributed by atoms with Crippen molar-refractivity contribution in [3.63, 3.8) is 0 Å². The first-order valence-electron chi connectivity index (χ1n) is 10.1. The minimum Gasteiger partial charge on any atom is -0.483 e. The standard InChI is InChI=1S/C24H21BrN2O3/c25-23-18-6-2-1-5-16(18)9-10-21(23)29-15-22(28)27-13-11-17(12-14-27)24-26-19-7-3-4-8-20(19)30-24/h1-10,17H,11-15H2. The summed E-state index contributed by atoms with van der Waals surface area (Å²) in [7, 11) is 0. The number of para-hydroxylation sites is 2. The predicted molar refractivity (Wildman–Crippen MR) is 120 cm³/mol. The monoisotopic (exact) mass is 464 g/mol. The Kier molecular flexibility index (Phi) is 5.17. The Morgan fingerprint density at radius 1 is 1.07 bits per heavy atom. The van der Waals surface area contributed by atoms with Crippen molar-refractivity contribution in [1.29, 1.82) is 0 Å². The van der Waals surface area contributed by atoms with Gasteiger partial charge >= 0.3 is 0 Å².